The van der Waals surface area contributed by atoms with Crippen LogP contribution < -0.4 is 10.5 Å². The number of carbonyl (C=O) groups excluding carboxylic acids is 1. The van der Waals surface area contributed by atoms with Gasteiger partial charge in [0.15, 0.2) is 5.78 Å². The molecule has 4 aliphatic carbocycles. The van der Waals surface area contributed by atoms with Crippen LogP contribution >= 0.6 is 0 Å². The molecule has 4 fully saturated rings. The molecule has 39 heavy (non-hydrogen) atoms. The summed E-state index contributed by atoms with van der Waals surface area (Å²) in [5, 5.41) is 19.6. The number of fused-ring (bicyclic) bond motifs is 6. The average Bonchev–Trinajstić information content (AvgIpc) is 3.43. The molecule has 9 atom stereocenters. The van der Waals surface area contributed by atoms with Crippen molar-refractivity contribution < 1.29 is 14.6 Å². The van der Waals surface area contributed by atoms with Gasteiger partial charge in [0, 0.05) is 17.5 Å². The largest absolute Gasteiger partial charge is 0.497 e. The van der Waals surface area contributed by atoms with E-state index in [1.807, 2.05) is 25.1 Å². The lowest BCUT2D eigenvalue weighted by Crippen LogP contribution is -2.70. The van der Waals surface area contributed by atoms with E-state index < -0.39 is 5.60 Å². The fourth-order valence-corrected chi connectivity index (χ4v) is 10.3. The van der Waals surface area contributed by atoms with Crippen LogP contribution in [0.15, 0.2) is 18.2 Å². The number of aromatic nitrogens is 3. The van der Waals surface area contributed by atoms with Gasteiger partial charge in [0.1, 0.15) is 17.8 Å². The van der Waals surface area contributed by atoms with Gasteiger partial charge >= 0.3 is 0 Å². The van der Waals surface area contributed by atoms with Gasteiger partial charge in [-0.25, -0.2) is 4.68 Å². The number of Topliss-reactive ketones (excluding diaryl/α,β-unsaturated/α-hetero) is 1. The molecular weight excluding hydrogens is 488 g/mol. The van der Waals surface area contributed by atoms with E-state index in [0.717, 1.165) is 68.1 Å². The van der Waals surface area contributed by atoms with Gasteiger partial charge in [0.2, 0.25) is 0 Å². The molecule has 2 aromatic rings. The summed E-state index contributed by atoms with van der Waals surface area (Å²) >= 11 is 0. The summed E-state index contributed by atoms with van der Waals surface area (Å²) in [4.78, 5) is 14.3. The number of nitrogens with two attached hydrogens (primary N) is 1. The highest BCUT2D eigenvalue weighted by molar-refractivity contribution is 5.85. The van der Waals surface area contributed by atoms with Crippen LogP contribution in [-0.2, 0) is 11.3 Å². The summed E-state index contributed by atoms with van der Waals surface area (Å²) in [7, 11) is 1.65. The quantitative estimate of drug-likeness (QED) is 0.532. The number of benzene rings is 1. The van der Waals surface area contributed by atoms with Gasteiger partial charge < -0.3 is 15.6 Å². The summed E-state index contributed by atoms with van der Waals surface area (Å²) in [5.74, 6) is 3.15. The second kappa shape index (κ2) is 9.01. The fourth-order valence-electron chi connectivity index (χ4n) is 10.3. The van der Waals surface area contributed by atoms with E-state index in [9.17, 15) is 9.90 Å². The van der Waals surface area contributed by atoms with Gasteiger partial charge in [-0.05, 0) is 111 Å². The average molecular weight is 537 g/mol. The molecule has 7 heteroatoms. The van der Waals surface area contributed by atoms with Crippen molar-refractivity contribution in [1.29, 1.82) is 0 Å². The Morgan fingerprint density at radius 3 is 2.64 bits per heavy atom. The van der Waals surface area contributed by atoms with E-state index in [2.05, 4.69) is 38.0 Å². The molecule has 0 unspecified atom stereocenters. The molecule has 0 amide bonds. The summed E-state index contributed by atoms with van der Waals surface area (Å²) in [5.41, 5.74) is 8.41. The first-order valence-corrected chi connectivity index (χ1v) is 15.2. The number of nitrogens with zero attached hydrogens (tertiary/aromatic N) is 3. The lowest BCUT2D eigenvalue weighted by atomic mass is 9.40. The minimum absolute atomic E-state index is 0.00507. The number of ether oxygens (including phenoxy) is 1. The summed E-state index contributed by atoms with van der Waals surface area (Å²) < 4.78 is 7.19. The van der Waals surface area contributed by atoms with Crippen LogP contribution in [-0.4, -0.2) is 44.1 Å². The van der Waals surface area contributed by atoms with Crippen molar-refractivity contribution in [2.75, 3.05) is 7.11 Å². The standard InChI is InChI=1S/C32H48N4O3/c1-19(2)22-16-24-23-9-7-20-17-29(3,38)11-13-31(20,5)32(23,33)14-12-30(24,4)28(22)27(37)18-36-26-15-21(39-6)8-10-25(26)34-35-36/h8,10,15,19-20,22-24,28,38H,7,9,11-14,16-18,33H2,1-6H3/t20-,22-,23-,24-,28+,29+,30-,31-,32+/m0/s1. The molecule has 214 valence electrons. The maximum absolute atomic E-state index is 14.3. The van der Waals surface area contributed by atoms with Crippen molar-refractivity contribution in [3.63, 3.8) is 0 Å². The Bertz CT molecular complexity index is 1270. The van der Waals surface area contributed by atoms with E-state index in [-0.39, 0.29) is 34.6 Å². The van der Waals surface area contributed by atoms with E-state index in [4.69, 9.17) is 10.5 Å². The predicted octanol–water partition coefficient (Wildman–Crippen LogP) is 5.38. The molecule has 7 nitrogen and oxygen atoms in total. The number of rotatable bonds is 5. The Morgan fingerprint density at radius 2 is 1.92 bits per heavy atom. The van der Waals surface area contributed by atoms with E-state index in [0.29, 0.717) is 29.6 Å². The van der Waals surface area contributed by atoms with E-state index >= 15 is 0 Å². The van der Waals surface area contributed by atoms with Crippen LogP contribution in [0, 0.1) is 46.3 Å². The molecule has 0 aliphatic heterocycles. The first kappa shape index (κ1) is 27.2. The van der Waals surface area contributed by atoms with Crippen LogP contribution in [0.5, 0.6) is 5.75 Å². The molecule has 0 bridgehead atoms. The molecule has 1 aromatic heterocycles. The van der Waals surface area contributed by atoms with Gasteiger partial charge in [-0.15, -0.1) is 5.10 Å². The predicted molar refractivity (Wildman–Crippen MR) is 152 cm³/mol. The highest BCUT2D eigenvalue weighted by Gasteiger charge is 2.68. The van der Waals surface area contributed by atoms with Crippen LogP contribution in [0.2, 0.25) is 0 Å². The Kier molecular flexibility index (Phi) is 6.28. The molecule has 0 saturated heterocycles. The zero-order valence-electron chi connectivity index (χ0n) is 24.7. The third-order valence-corrected chi connectivity index (χ3v) is 12.6. The first-order chi connectivity index (χ1) is 18.3. The van der Waals surface area contributed by atoms with E-state index in [1.165, 1.54) is 0 Å². The molecule has 4 saturated carbocycles. The Hall–Kier alpha value is -1.99. The third kappa shape index (κ3) is 3.93. The molecular formula is C32H48N4O3. The van der Waals surface area contributed by atoms with Crippen molar-refractivity contribution in [1.82, 2.24) is 15.0 Å². The molecule has 4 aliphatic rings. The smallest absolute Gasteiger partial charge is 0.158 e. The van der Waals surface area contributed by atoms with Crippen molar-refractivity contribution in [3.8, 4) is 5.75 Å². The Balaban J connectivity index is 1.31. The molecule has 0 spiro atoms. The number of hydrogen-bond acceptors (Lipinski definition) is 6. The number of methoxy groups -OCH3 is 1. The summed E-state index contributed by atoms with van der Waals surface area (Å²) in [6, 6.07) is 5.70. The zero-order valence-corrected chi connectivity index (χ0v) is 24.7. The molecule has 6 rings (SSSR count). The minimum atomic E-state index is -0.570. The van der Waals surface area contributed by atoms with Gasteiger partial charge in [-0.1, -0.05) is 32.9 Å². The first-order valence-electron chi connectivity index (χ1n) is 15.2. The van der Waals surface area contributed by atoms with Crippen molar-refractivity contribution in [2.24, 2.45) is 52.1 Å². The van der Waals surface area contributed by atoms with Crippen LogP contribution in [0.4, 0.5) is 0 Å². The molecule has 1 heterocycles. The lowest BCUT2D eigenvalue weighted by Gasteiger charge is -2.67. The molecule has 0 radical (unpaired) electrons. The van der Waals surface area contributed by atoms with Gasteiger partial charge in [0.05, 0.1) is 18.2 Å². The lowest BCUT2D eigenvalue weighted by molar-refractivity contribution is -0.162. The minimum Gasteiger partial charge on any atom is -0.497 e. The monoisotopic (exact) mass is 536 g/mol. The van der Waals surface area contributed by atoms with Gasteiger partial charge in [-0.3, -0.25) is 4.79 Å². The fraction of sp³-hybridized carbons (Fsp3) is 0.781. The third-order valence-electron chi connectivity index (χ3n) is 12.6. The van der Waals surface area contributed by atoms with Crippen molar-refractivity contribution >= 4 is 16.8 Å². The van der Waals surface area contributed by atoms with Crippen LogP contribution in [0.25, 0.3) is 11.0 Å². The summed E-state index contributed by atoms with van der Waals surface area (Å²) in [6.45, 7) is 11.7. The Labute approximate surface area is 233 Å². The number of carbonyl (C=O) groups is 1. The van der Waals surface area contributed by atoms with Crippen LogP contribution in [0.3, 0.4) is 0 Å². The normalized spacial score (nSPS) is 43.7. The Morgan fingerprint density at radius 1 is 1.15 bits per heavy atom. The van der Waals surface area contributed by atoms with Gasteiger partial charge in [0.25, 0.3) is 0 Å². The zero-order chi connectivity index (χ0) is 28.0. The maximum Gasteiger partial charge on any atom is 0.158 e. The second-order valence-electron chi connectivity index (χ2n) is 14.8. The van der Waals surface area contributed by atoms with Crippen molar-refractivity contribution in [3.05, 3.63) is 18.2 Å². The highest BCUT2D eigenvalue weighted by atomic mass is 16.5. The summed E-state index contributed by atoms with van der Waals surface area (Å²) in [6.07, 6.45) is 8.00. The molecule has 3 N–H and O–H groups in total. The van der Waals surface area contributed by atoms with Crippen LogP contribution in [0.1, 0.15) is 86.0 Å². The number of hydrogen-bond donors (Lipinski definition) is 2. The topological polar surface area (TPSA) is 103 Å². The van der Waals surface area contributed by atoms with Crippen molar-refractivity contribution in [2.45, 2.75) is 104 Å². The second-order valence-corrected chi connectivity index (χ2v) is 14.8. The highest BCUT2D eigenvalue weighted by Crippen LogP contribution is 2.70. The van der Waals surface area contributed by atoms with Gasteiger partial charge in [-0.2, -0.15) is 0 Å². The van der Waals surface area contributed by atoms with E-state index in [1.54, 1.807) is 11.8 Å². The maximum atomic E-state index is 14.3. The SMILES string of the molecule is COc1ccc2nnn(CC(=O)[C@H]3[C@H](C(C)C)C[C@H]4[C@@H]5CC[C@H]6C[C@](C)(O)CC[C@]6(C)[C@@]5(N)CC[C@@]43C)c2c1. The number of aliphatic hydroxyl groups is 1. The molecule has 1 aromatic carbocycles. The number of ketones is 1.